The minimum Gasteiger partial charge on any atom is -0.341 e. The van der Waals surface area contributed by atoms with Crippen molar-refractivity contribution in [2.24, 2.45) is 0 Å². The maximum Gasteiger partial charge on any atom is 0.243 e. The van der Waals surface area contributed by atoms with Crippen LogP contribution in [-0.4, -0.2) is 50.8 Å². The first-order valence-corrected chi connectivity index (χ1v) is 9.21. The molecule has 1 spiro atoms. The highest BCUT2D eigenvalue weighted by Gasteiger charge is 2.50. The smallest absolute Gasteiger partial charge is 0.243 e. The summed E-state index contributed by atoms with van der Waals surface area (Å²) in [5.74, 6) is 1.32. The number of hydrogen-bond donors (Lipinski definition) is 1. The number of carbonyl (C=O) groups excluding carboxylic acids is 1. The number of imidazole rings is 1. The standard InChI is InChI=1S/C19H26N4O/c1-2-11-22-12-5-9-19(18(22)24)10-6-13-23(19)14-17-20-15-7-3-4-8-16(15)21-17/h3-4,7-8H,2,5-6,9-14H2,1H3,(H,20,21). The zero-order chi connectivity index (χ0) is 16.6. The van der Waals surface area contributed by atoms with Crippen LogP contribution in [-0.2, 0) is 11.3 Å². The first kappa shape index (κ1) is 15.6. The van der Waals surface area contributed by atoms with Crippen LogP contribution in [0.3, 0.4) is 0 Å². The van der Waals surface area contributed by atoms with Crippen LogP contribution >= 0.6 is 0 Å². The Bertz CT molecular complexity index is 705. The van der Waals surface area contributed by atoms with Crippen molar-refractivity contribution in [3.63, 3.8) is 0 Å². The molecule has 0 aliphatic carbocycles. The average Bonchev–Trinajstić information content (AvgIpc) is 3.17. The SMILES string of the molecule is CCCN1CCCC2(CCCN2Cc2nc3ccccc3[nH]2)C1=O. The lowest BCUT2D eigenvalue weighted by Crippen LogP contribution is -2.59. The lowest BCUT2D eigenvalue weighted by molar-refractivity contribution is -0.147. The molecular weight excluding hydrogens is 300 g/mol. The van der Waals surface area contributed by atoms with E-state index in [1.165, 1.54) is 0 Å². The topological polar surface area (TPSA) is 52.2 Å². The van der Waals surface area contributed by atoms with Crippen molar-refractivity contribution in [2.45, 2.75) is 51.1 Å². The number of aromatic amines is 1. The van der Waals surface area contributed by atoms with E-state index in [-0.39, 0.29) is 5.54 Å². The number of H-pyrrole nitrogens is 1. The highest BCUT2D eigenvalue weighted by molar-refractivity contribution is 5.87. The fourth-order valence-corrected chi connectivity index (χ4v) is 4.50. The summed E-state index contributed by atoms with van der Waals surface area (Å²) >= 11 is 0. The Balaban J connectivity index is 1.58. The summed E-state index contributed by atoms with van der Waals surface area (Å²) in [5, 5.41) is 0. The van der Waals surface area contributed by atoms with Crippen molar-refractivity contribution in [1.82, 2.24) is 19.8 Å². The van der Waals surface area contributed by atoms with Crippen LogP contribution in [0.4, 0.5) is 0 Å². The molecule has 5 heteroatoms. The highest BCUT2D eigenvalue weighted by atomic mass is 16.2. The predicted molar refractivity (Wildman–Crippen MR) is 94.6 cm³/mol. The molecule has 1 amide bonds. The molecule has 4 rings (SSSR count). The molecule has 1 aromatic heterocycles. The minimum absolute atomic E-state index is 0.285. The number of nitrogens with one attached hydrogen (secondary N) is 1. The van der Waals surface area contributed by atoms with Gasteiger partial charge in [0, 0.05) is 13.1 Å². The van der Waals surface area contributed by atoms with Gasteiger partial charge in [0.2, 0.25) is 5.91 Å². The number of carbonyl (C=O) groups is 1. The van der Waals surface area contributed by atoms with Crippen LogP contribution in [0.5, 0.6) is 0 Å². The predicted octanol–water partition coefficient (Wildman–Crippen LogP) is 2.93. The zero-order valence-corrected chi connectivity index (χ0v) is 14.4. The number of likely N-dealkylation sites (tertiary alicyclic amines) is 2. The van der Waals surface area contributed by atoms with Gasteiger partial charge in [-0.3, -0.25) is 9.69 Å². The number of rotatable bonds is 4. The number of hydrogen-bond acceptors (Lipinski definition) is 3. The molecule has 2 aliphatic rings. The normalized spacial score (nSPS) is 25.2. The van der Waals surface area contributed by atoms with Gasteiger partial charge in [-0.05, 0) is 50.8 Å². The van der Waals surface area contributed by atoms with E-state index in [4.69, 9.17) is 4.98 Å². The van der Waals surface area contributed by atoms with Gasteiger partial charge in [0.25, 0.3) is 0 Å². The molecule has 1 unspecified atom stereocenters. The molecule has 1 aromatic carbocycles. The zero-order valence-electron chi connectivity index (χ0n) is 14.4. The van der Waals surface area contributed by atoms with Gasteiger partial charge < -0.3 is 9.88 Å². The van der Waals surface area contributed by atoms with E-state index in [1.54, 1.807) is 0 Å². The first-order valence-electron chi connectivity index (χ1n) is 9.21. The molecule has 1 N–H and O–H groups in total. The van der Waals surface area contributed by atoms with Crippen LogP contribution in [0, 0.1) is 0 Å². The molecule has 0 bridgehead atoms. The molecular formula is C19H26N4O. The largest absolute Gasteiger partial charge is 0.341 e. The van der Waals surface area contributed by atoms with Gasteiger partial charge in [0.1, 0.15) is 11.4 Å². The molecule has 2 saturated heterocycles. The Hall–Kier alpha value is -1.88. The summed E-state index contributed by atoms with van der Waals surface area (Å²) in [6, 6.07) is 8.12. The molecule has 2 fully saturated rings. The van der Waals surface area contributed by atoms with Gasteiger partial charge in [-0.25, -0.2) is 4.98 Å². The fourth-order valence-electron chi connectivity index (χ4n) is 4.50. The maximum absolute atomic E-state index is 13.2. The van der Waals surface area contributed by atoms with Crippen LogP contribution < -0.4 is 0 Å². The Morgan fingerprint density at radius 1 is 1.21 bits per heavy atom. The number of para-hydroxylation sites is 2. The van der Waals surface area contributed by atoms with Crippen LogP contribution in [0.25, 0.3) is 11.0 Å². The minimum atomic E-state index is -0.285. The quantitative estimate of drug-likeness (QED) is 0.940. The van der Waals surface area contributed by atoms with Crippen LogP contribution in [0.2, 0.25) is 0 Å². The third-order valence-corrected chi connectivity index (χ3v) is 5.60. The monoisotopic (exact) mass is 326 g/mol. The second-order valence-electron chi connectivity index (χ2n) is 7.15. The van der Waals surface area contributed by atoms with Crippen molar-refractivity contribution < 1.29 is 4.79 Å². The number of piperidine rings is 1. The van der Waals surface area contributed by atoms with E-state index in [0.717, 1.165) is 75.1 Å². The Morgan fingerprint density at radius 2 is 2.00 bits per heavy atom. The number of aromatic nitrogens is 2. The second-order valence-corrected chi connectivity index (χ2v) is 7.15. The highest BCUT2D eigenvalue weighted by Crippen LogP contribution is 2.39. The second kappa shape index (κ2) is 6.20. The summed E-state index contributed by atoms with van der Waals surface area (Å²) in [5.41, 5.74) is 1.79. The molecule has 0 radical (unpaired) electrons. The third kappa shape index (κ3) is 2.51. The third-order valence-electron chi connectivity index (χ3n) is 5.60. The maximum atomic E-state index is 13.2. The van der Waals surface area contributed by atoms with E-state index in [2.05, 4.69) is 27.8 Å². The van der Waals surface area contributed by atoms with Crippen molar-refractivity contribution in [3.05, 3.63) is 30.1 Å². The van der Waals surface area contributed by atoms with E-state index in [1.807, 2.05) is 18.2 Å². The summed E-state index contributed by atoms with van der Waals surface area (Å²) in [6.07, 6.45) is 5.23. The van der Waals surface area contributed by atoms with Crippen molar-refractivity contribution in [2.75, 3.05) is 19.6 Å². The van der Waals surface area contributed by atoms with Gasteiger partial charge >= 0.3 is 0 Å². The van der Waals surface area contributed by atoms with Gasteiger partial charge in [0.05, 0.1) is 17.6 Å². The van der Waals surface area contributed by atoms with Crippen molar-refractivity contribution in [1.29, 1.82) is 0 Å². The summed E-state index contributed by atoms with van der Waals surface area (Å²) in [4.78, 5) is 25.8. The molecule has 1 atom stereocenters. The number of fused-ring (bicyclic) bond motifs is 1. The van der Waals surface area contributed by atoms with Gasteiger partial charge in [-0.1, -0.05) is 19.1 Å². The Labute approximate surface area is 143 Å². The fraction of sp³-hybridized carbons (Fsp3) is 0.579. The Morgan fingerprint density at radius 3 is 2.79 bits per heavy atom. The lowest BCUT2D eigenvalue weighted by atomic mass is 9.85. The summed E-state index contributed by atoms with van der Waals surface area (Å²) < 4.78 is 0. The number of benzene rings is 1. The average molecular weight is 326 g/mol. The van der Waals surface area contributed by atoms with E-state index in [9.17, 15) is 4.79 Å². The molecule has 2 aromatic rings. The van der Waals surface area contributed by atoms with Crippen LogP contribution in [0.15, 0.2) is 24.3 Å². The van der Waals surface area contributed by atoms with E-state index < -0.39 is 0 Å². The van der Waals surface area contributed by atoms with Crippen molar-refractivity contribution >= 4 is 16.9 Å². The van der Waals surface area contributed by atoms with Crippen molar-refractivity contribution in [3.8, 4) is 0 Å². The molecule has 128 valence electrons. The molecule has 24 heavy (non-hydrogen) atoms. The van der Waals surface area contributed by atoms with Gasteiger partial charge in [-0.15, -0.1) is 0 Å². The van der Waals surface area contributed by atoms with Gasteiger partial charge in [-0.2, -0.15) is 0 Å². The van der Waals surface area contributed by atoms with E-state index >= 15 is 0 Å². The summed E-state index contributed by atoms with van der Waals surface area (Å²) in [7, 11) is 0. The number of nitrogens with zero attached hydrogens (tertiary/aromatic N) is 3. The number of amides is 1. The Kier molecular flexibility index (Phi) is 4.04. The summed E-state index contributed by atoms with van der Waals surface area (Å²) in [6.45, 7) is 5.68. The van der Waals surface area contributed by atoms with Gasteiger partial charge in [0.15, 0.2) is 0 Å². The molecule has 2 aliphatic heterocycles. The molecule has 5 nitrogen and oxygen atoms in total. The molecule has 0 saturated carbocycles. The lowest BCUT2D eigenvalue weighted by Gasteiger charge is -2.44. The van der Waals surface area contributed by atoms with E-state index in [0.29, 0.717) is 5.91 Å². The molecule has 3 heterocycles. The van der Waals surface area contributed by atoms with Crippen LogP contribution in [0.1, 0.15) is 44.9 Å². The first-order chi connectivity index (χ1) is 11.7.